The van der Waals surface area contributed by atoms with Crippen LogP contribution in [0.15, 0.2) is 69.6 Å². The highest BCUT2D eigenvalue weighted by Gasteiger charge is 2.16. The number of ether oxygens (including phenoxy) is 1. The highest BCUT2D eigenvalue weighted by atomic mass is 32.1. The Morgan fingerprint density at radius 1 is 1.00 bits per heavy atom. The Hall–Kier alpha value is -3.72. The smallest absolute Gasteiger partial charge is 0.332 e. The van der Waals surface area contributed by atoms with Crippen molar-refractivity contribution in [2.24, 2.45) is 0 Å². The van der Waals surface area contributed by atoms with Gasteiger partial charge in [0.05, 0.1) is 19.2 Å². The quantitative estimate of drug-likeness (QED) is 0.467. The van der Waals surface area contributed by atoms with Crippen LogP contribution >= 0.6 is 11.3 Å². The monoisotopic (exact) mass is 453 g/mol. The molecule has 0 saturated carbocycles. The van der Waals surface area contributed by atoms with Gasteiger partial charge in [-0.15, -0.1) is 11.3 Å². The molecule has 9 heteroatoms. The molecule has 0 atom stereocenters. The summed E-state index contributed by atoms with van der Waals surface area (Å²) in [7, 11) is 1.56. The number of hydrogen-bond acceptors (Lipinski definition) is 5. The van der Waals surface area contributed by atoms with Gasteiger partial charge < -0.3 is 10.1 Å². The van der Waals surface area contributed by atoms with Crippen molar-refractivity contribution in [1.82, 2.24) is 14.5 Å². The third kappa shape index (κ3) is 4.47. The molecule has 7 nitrogen and oxygen atoms in total. The van der Waals surface area contributed by atoms with Crippen LogP contribution in [-0.4, -0.2) is 22.2 Å². The highest BCUT2D eigenvalue weighted by molar-refractivity contribution is 7.17. The van der Waals surface area contributed by atoms with E-state index in [1.807, 2.05) is 0 Å². The summed E-state index contributed by atoms with van der Waals surface area (Å²) < 4.78 is 21.0. The number of aromatic nitrogens is 2. The second-order valence-electron chi connectivity index (χ2n) is 7.15. The Labute approximate surface area is 186 Å². The molecule has 0 spiro atoms. The minimum absolute atomic E-state index is 0.0761. The summed E-state index contributed by atoms with van der Waals surface area (Å²) in [5.41, 5.74) is 0.964. The van der Waals surface area contributed by atoms with E-state index in [9.17, 15) is 18.8 Å². The number of fused-ring (bicyclic) bond motifs is 1. The first-order chi connectivity index (χ1) is 15.5. The Morgan fingerprint density at radius 3 is 2.38 bits per heavy atom. The lowest BCUT2D eigenvalue weighted by Gasteiger charge is -2.13. The number of methoxy groups -OCH3 is 1. The summed E-state index contributed by atoms with van der Waals surface area (Å²) in [6, 6.07) is 14.5. The van der Waals surface area contributed by atoms with E-state index in [-0.39, 0.29) is 25.5 Å². The van der Waals surface area contributed by atoms with Crippen molar-refractivity contribution >= 4 is 27.5 Å². The van der Waals surface area contributed by atoms with Gasteiger partial charge in [-0.3, -0.25) is 18.7 Å². The van der Waals surface area contributed by atoms with Crippen LogP contribution in [0, 0.1) is 5.82 Å². The lowest BCUT2D eigenvalue weighted by molar-refractivity contribution is -0.121. The molecular formula is C23H20FN3O4S. The molecule has 1 amide bonds. The predicted molar refractivity (Wildman–Crippen MR) is 121 cm³/mol. The average molecular weight is 453 g/mol. The normalized spacial score (nSPS) is 10.9. The minimum Gasteiger partial charge on any atom is -0.497 e. The molecule has 1 N–H and O–H groups in total. The first-order valence-corrected chi connectivity index (χ1v) is 10.7. The van der Waals surface area contributed by atoms with E-state index in [1.54, 1.807) is 55.0 Å². The number of rotatable bonds is 7. The molecule has 2 heterocycles. The van der Waals surface area contributed by atoms with Crippen LogP contribution in [0.4, 0.5) is 4.39 Å². The molecule has 2 aromatic carbocycles. The average Bonchev–Trinajstić information content (AvgIpc) is 3.29. The van der Waals surface area contributed by atoms with E-state index in [1.165, 1.54) is 28.0 Å². The molecule has 4 rings (SSSR count). The fourth-order valence-corrected chi connectivity index (χ4v) is 4.18. The molecule has 0 bridgehead atoms. The van der Waals surface area contributed by atoms with Crippen molar-refractivity contribution in [3.05, 3.63) is 97.8 Å². The molecule has 164 valence electrons. The van der Waals surface area contributed by atoms with Crippen molar-refractivity contribution in [3.8, 4) is 5.75 Å². The zero-order valence-electron chi connectivity index (χ0n) is 17.2. The molecule has 0 saturated heterocycles. The standard InChI is InChI=1S/C23H20FN3O4S/c1-31-18-8-4-16(5-9-18)13-27-22(29)21-19(10-11-32-21)26(23(27)30)14-20(28)25-12-15-2-6-17(24)7-3-15/h2-11H,12-14H2,1H3,(H,25,28). The summed E-state index contributed by atoms with van der Waals surface area (Å²) in [6.07, 6.45) is 0. The van der Waals surface area contributed by atoms with Crippen molar-refractivity contribution in [2.75, 3.05) is 7.11 Å². The van der Waals surface area contributed by atoms with Gasteiger partial charge in [-0.05, 0) is 46.8 Å². The van der Waals surface area contributed by atoms with Gasteiger partial charge in [0.1, 0.15) is 22.8 Å². The van der Waals surface area contributed by atoms with Crippen LogP contribution in [0.2, 0.25) is 0 Å². The molecule has 0 aliphatic carbocycles. The number of thiophene rings is 1. The number of carbonyl (C=O) groups excluding carboxylic acids is 1. The number of benzene rings is 2. The SMILES string of the molecule is COc1ccc(Cn2c(=O)c3sccc3n(CC(=O)NCc3ccc(F)cc3)c2=O)cc1. The van der Waals surface area contributed by atoms with Crippen LogP contribution in [-0.2, 0) is 24.4 Å². The summed E-state index contributed by atoms with van der Waals surface area (Å²) in [4.78, 5) is 38.6. The number of amides is 1. The zero-order chi connectivity index (χ0) is 22.7. The number of nitrogens with zero attached hydrogens (tertiary/aromatic N) is 2. The number of carbonyl (C=O) groups is 1. The fraction of sp³-hybridized carbons (Fsp3) is 0.174. The summed E-state index contributed by atoms with van der Waals surface area (Å²) in [6.45, 7) is 0.0367. The number of nitrogens with one attached hydrogen (secondary N) is 1. The molecule has 32 heavy (non-hydrogen) atoms. The Bertz CT molecular complexity index is 1370. The van der Waals surface area contributed by atoms with E-state index >= 15 is 0 Å². The van der Waals surface area contributed by atoms with Crippen LogP contribution in [0.25, 0.3) is 10.2 Å². The third-order valence-corrected chi connectivity index (χ3v) is 5.93. The minimum atomic E-state index is -0.561. The Kier molecular flexibility index (Phi) is 6.18. The summed E-state index contributed by atoms with van der Waals surface area (Å²) in [5.74, 6) is -0.0748. The van der Waals surface area contributed by atoms with E-state index in [2.05, 4.69) is 5.32 Å². The van der Waals surface area contributed by atoms with Gasteiger partial charge in [0.15, 0.2) is 0 Å². The van der Waals surface area contributed by atoms with E-state index < -0.39 is 17.2 Å². The molecular weight excluding hydrogens is 433 g/mol. The van der Waals surface area contributed by atoms with Gasteiger partial charge in [-0.2, -0.15) is 0 Å². The fourth-order valence-electron chi connectivity index (χ4n) is 3.34. The van der Waals surface area contributed by atoms with E-state index in [0.29, 0.717) is 16.0 Å². The summed E-state index contributed by atoms with van der Waals surface area (Å²) in [5, 5.41) is 4.45. The summed E-state index contributed by atoms with van der Waals surface area (Å²) >= 11 is 1.23. The predicted octanol–water partition coefficient (Wildman–Crippen LogP) is 2.74. The van der Waals surface area contributed by atoms with Crippen LogP contribution in [0.5, 0.6) is 5.75 Å². The molecule has 0 radical (unpaired) electrons. The third-order valence-electron chi connectivity index (χ3n) is 5.04. The maximum Gasteiger partial charge on any atom is 0.332 e. The van der Waals surface area contributed by atoms with Crippen molar-refractivity contribution in [1.29, 1.82) is 0 Å². The Balaban J connectivity index is 1.61. The van der Waals surface area contributed by atoms with Crippen LogP contribution in [0.1, 0.15) is 11.1 Å². The van der Waals surface area contributed by atoms with Crippen LogP contribution < -0.4 is 21.3 Å². The lowest BCUT2D eigenvalue weighted by atomic mass is 10.2. The van der Waals surface area contributed by atoms with Gasteiger partial charge in [-0.25, -0.2) is 9.18 Å². The van der Waals surface area contributed by atoms with Gasteiger partial charge >= 0.3 is 5.69 Å². The van der Waals surface area contributed by atoms with Crippen LogP contribution in [0.3, 0.4) is 0 Å². The molecule has 0 aliphatic rings. The maximum atomic E-state index is 13.2. The highest BCUT2D eigenvalue weighted by Crippen LogP contribution is 2.16. The van der Waals surface area contributed by atoms with Crippen molar-refractivity contribution in [3.63, 3.8) is 0 Å². The lowest BCUT2D eigenvalue weighted by Crippen LogP contribution is -2.42. The molecule has 4 aromatic rings. The second kappa shape index (κ2) is 9.19. The van der Waals surface area contributed by atoms with Gasteiger partial charge in [0, 0.05) is 6.54 Å². The molecule has 0 fully saturated rings. The molecule has 0 aliphatic heterocycles. The first kappa shape index (κ1) is 21.5. The number of halogens is 1. The number of hydrogen-bond donors (Lipinski definition) is 1. The second-order valence-corrected chi connectivity index (χ2v) is 8.06. The first-order valence-electron chi connectivity index (χ1n) is 9.81. The van der Waals surface area contributed by atoms with Gasteiger partial charge in [0.25, 0.3) is 5.56 Å². The maximum absolute atomic E-state index is 13.2. The van der Waals surface area contributed by atoms with Crippen molar-refractivity contribution in [2.45, 2.75) is 19.6 Å². The van der Waals surface area contributed by atoms with Crippen molar-refractivity contribution < 1.29 is 13.9 Å². The largest absolute Gasteiger partial charge is 0.497 e. The molecule has 2 aromatic heterocycles. The van der Waals surface area contributed by atoms with Gasteiger partial charge in [-0.1, -0.05) is 24.3 Å². The molecule has 0 unspecified atom stereocenters. The van der Waals surface area contributed by atoms with Gasteiger partial charge in [0.2, 0.25) is 5.91 Å². The van der Waals surface area contributed by atoms with E-state index in [4.69, 9.17) is 4.74 Å². The van der Waals surface area contributed by atoms with E-state index in [0.717, 1.165) is 15.7 Å². The Morgan fingerprint density at radius 2 is 1.69 bits per heavy atom. The zero-order valence-corrected chi connectivity index (χ0v) is 18.0. The topological polar surface area (TPSA) is 82.3 Å².